The summed E-state index contributed by atoms with van der Waals surface area (Å²) < 4.78 is 62.2. The Bertz CT molecular complexity index is 1170. The molecule has 0 atom stereocenters. The van der Waals surface area contributed by atoms with Gasteiger partial charge in [-0.25, -0.2) is 18.1 Å². The largest absolute Gasteiger partial charge is 0.511 e. The number of alkyl halides is 3. The van der Waals surface area contributed by atoms with Crippen LogP contribution >= 0.6 is 0 Å². The van der Waals surface area contributed by atoms with Gasteiger partial charge in [-0.2, -0.15) is 13.2 Å². The summed E-state index contributed by atoms with van der Waals surface area (Å²) in [5, 5.41) is 0. The number of hydrogen-bond donors (Lipinski definition) is 1. The van der Waals surface area contributed by atoms with Gasteiger partial charge in [0.25, 0.3) is 11.1 Å². The minimum absolute atomic E-state index is 0.0236. The van der Waals surface area contributed by atoms with Gasteiger partial charge in [-0.15, -0.1) is 0 Å². The number of rotatable bonds is 6. The smallest absolute Gasteiger partial charge is 0.283 e. The van der Waals surface area contributed by atoms with Gasteiger partial charge in [-0.05, 0) is 25.0 Å². The third kappa shape index (κ3) is 3.05. The van der Waals surface area contributed by atoms with E-state index in [1.165, 1.54) is 21.4 Å². The number of nitrogens with one attached hydrogen (secondary N) is 1. The van der Waals surface area contributed by atoms with E-state index < -0.39 is 33.2 Å². The van der Waals surface area contributed by atoms with E-state index in [2.05, 4.69) is 4.98 Å². The molecule has 3 heterocycles. The number of imidazole rings is 1. The fraction of sp³-hybridized carbons (Fsp3) is 0.357. The summed E-state index contributed by atoms with van der Waals surface area (Å²) in [5.74, 6) is 0. The van der Waals surface area contributed by atoms with E-state index in [1.807, 2.05) is 0 Å². The van der Waals surface area contributed by atoms with Crippen LogP contribution < -0.4 is 15.8 Å². The van der Waals surface area contributed by atoms with Crippen LogP contribution in [0.5, 0.6) is 0 Å². The first-order valence-corrected chi connectivity index (χ1v) is 9.00. The molecule has 0 aliphatic heterocycles. The molecular formula is C14H13F3N4O4S. The molecule has 26 heavy (non-hydrogen) atoms. The van der Waals surface area contributed by atoms with Crippen LogP contribution in [0.15, 0.2) is 34.0 Å². The van der Waals surface area contributed by atoms with Crippen molar-refractivity contribution in [3.05, 3.63) is 45.1 Å². The van der Waals surface area contributed by atoms with Crippen molar-refractivity contribution in [2.24, 2.45) is 0 Å². The summed E-state index contributed by atoms with van der Waals surface area (Å²) in [5.41, 5.74) is -5.54. The van der Waals surface area contributed by atoms with Crippen molar-refractivity contribution < 1.29 is 21.6 Å². The van der Waals surface area contributed by atoms with Crippen LogP contribution in [-0.4, -0.2) is 34.4 Å². The number of nitrogens with zero attached hydrogens (tertiary/aromatic N) is 3. The van der Waals surface area contributed by atoms with E-state index in [4.69, 9.17) is 0 Å². The van der Waals surface area contributed by atoms with Crippen molar-refractivity contribution in [2.45, 2.75) is 24.9 Å². The Morgan fingerprint density at radius 3 is 2.46 bits per heavy atom. The molecule has 0 aliphatic carbocycles. The van der Waals surface area contributed by atoms with Gasteiger partial charge in [0, 0.05) is 13.1 Å². The number of halogens is 3. The molecule has 0 aromatic carbocycles. The third-order valence-electron chi connectivity index (χ3n) is 3.86. The minimum Gasteiger partial charge on any atom is -0.283 e. The first-order chi connectivity index (χ1) is 12.1. The summed E-state index contributed by atoms with van der Waals surface area (Å²) in [4.78, 5) is 28.9. The van der Waals surface area contributed by atoms with Gasteiger partial charge in [0.05, 0.1) is 6.20 Å². The van der Waals surface area contributed by atoms with Crippen molar-refractivity contribution in [3.63, 3.8) is 0 Å². The topological polar surface area (TPSA) is 103 Å². The fourth-order valence-corrected chi connectivity index (χ4v) is 3.19. The molecule has 1 N–H and O–H groups in total. The van der Waals surface area contributed by atoms with Crippen molar-refractivity contribution in [1.82, 2.24) is 18.7 Å². The maximum atomic E-state index is 12.5. The summed E-state index contributed by atoms with van der Waals surface area (Å²) >= 11 is 0. The lowest BCUT2D eigenvalue weighted by atomic mass is 10.3. The average molecular weight is 390 g/mol. The number of hydrogen-bond acceptors (Lipinski definition) is 5. The first kappa shape index (κ1) is 18.3. The Labute approximate surface area is 144 Å². The summed E-state index contributed by atoms with van der Waals surface area (Å²) in [6.45, 7) is -0.501. The van der Waals surface area contributed by atoms with Gasteiger partial charge in [0.2, 0.25) is 0 Å². The van der Waals surface area contributed by atoms with Gasteiger partial charge < -0.3 is 0 Å². The number of aromatic nitrogens is 3. The zero-order valence-electron chi connectivity index (χ0n) is 13.2. The highest BCUT2D eigenvalue weighted by Crippen LogP contribution is 2.21. The van der Waals surface area contributed by atoms with E-state index >= 15 is 0 Å². The van der Waals surface area contributed by atoms with Crippen LogP contribution in [0, 0.1) is 0 Å². The molecule has 140 valence electrons. The SMILES string of the molecule is O=c1c2cccc3ncc(c(=O)n1CCCCNS(=O)(=O)C(F)(F)F)n32. The summed E-state index contributed by atoms with van der Waals surface area (Å²) in [7, 11) is -5.39. The van der Waals surface area contributed by atoms with E-state index in [-0.39, 0.29) is 30.4 Å². The predicted molar refractivity (Wildman–Crippen MR) is 86.6 cm³/mol. The first-order valence-electron chi connectivity index (χ1n) is 7.52. The molecule has 3 aromatic heterocycles. The summed E-state index contributed by atoms with van der Waals surface area (Å²) in [6, 6.07) is 4.81. The lowest BCUT2D eigenvalue weighted by molar-refractivity contribution is -0.0447. The third-order valence-corrected chi connectivity index (χ3v) is 5.06. The van der Waals surface area contributed by atoms with E-state index in [0.717, 1.165) is 4.57 Å². The predicted octanol–water partition coefficient (Wildman–Crippen LogP) is 0.667. The van der Waals surface area contributed by atoms with E-state index in [0.29, 0.717) is 5.65 Å². The second kappa shape index (κ2) is 6.36. The molecule has 0 aliphatic rings. The Balaban J connectivity index is 1.75. The molecule has 8 nitrogen and oxygen atoms in total. The van der Waals surface area contributed by atoms with E-state index in [9.17, 15) is 31.2 Å². The minimum atomic E-state index is -5.39. The molecule has 3 rings (SSSR count). The van der Waals surface area contributed by atoms with Gasteiger partial charge in [-0.3, -0.25) is 18.6 Å². The molecule has 0 radical (unpaired) electrons. The summed E-state index contributed by atoms with van der Waals surface area (Å²) in [6.07, 6.45) is 1.51. The standard InChI is InChI=1S/C14H13F3N4O4S/c15-14(16,17)26(24,25)19-6-1-2-7-20-12(22)9-4-3-5-11-18-8-10(13(20)23)21(9)11/h3-5,8,19H,1-2,6-7H2. The molecule has 0 amide bonds. The number of sulfonamides is 1. The number of unbranched alkanes of at least 4 members (excludes halogenated alkanes) is 1. The maximum absolute atomic E-state index is 12.5. The second-order valence-electron chi connectivity index (χ2n) is 5.56. The Morgan fingerprint density at radius 1 is 1.08 bits per heavy atom. The molecular weight excluding hydrogens is 377 g/mol. The van der Waals surface area contributed by atoms with Crippen molar-refractivity contribution in [3.8, 4) is 0 Å². The fourth-order valence-electron chi connectivity index (χ4n) is 2.61. The van der Waals surface area contributed by atoms with Gasteiger partial charge in [-0.1, -0.05) is 6.07 Å². The highest BCUT2D eigenvalue weighted by molar-refractivity contribution is 7.90. The zero-order chi connectivity index (χ0) is 19.1. The van der Waals surface area contributed by atoms with Gasteiger partial charge >= 0.3 is 15.5 Å². The van der Waals surface area contributed by atoms with Gasteiger partial charge in [0.15, 0.2) is 0 Å². The molecule has 3 aromatic rings. The molecule has 0 unspecified atom stereocenters. The van der Waals surface area contributed by atoms with Crippen LogP contribution in [0.1, 0.15) is 12.8 Å². The van der Waals surface area contributed by atoms with Crippen molar-refractivity contribution in [1.29, 1.82) is 0 Å². The van der Waals surface area contributed by atoms with Gasteiger partial charge in [0.1, 0.15) is 16.7 Å². The van der Waals surface area contributed by atoms with Crippen molar-refractivity contribution >= 4 is 26.7 Å². The van der Waals surface area contributed by atoms with Crippen LogP contribution in [-0.2, 0) is 16.6 Å². The average Bonchev–Trinajstić information content (AvgIpc) is 2.99. The van der Waals surface area contributed by atoms with Crippen LogP contribution in [0.2, 0.25) is 0 Å². The number of pyridine rings is 1. The maximum Gasteiger partial charge on any atom is 0.511 e. The monoisotopic (exact) mass is 390 g/mol. The second-order valence-corrected chi connectivity index (χ2v) is 7.32. The zero-order valence-corrected chi connectivity index (χ0v) is 14.0. The highest BCUT2D eigenvalue weighted by Gasteiger charge is 2.45. The Kier molecular flexibility index (Phi) is 4.48. The molecule has 0 saturated heterocycles. The Morgan fingerprint density at radius 2 is 1.77 bits per heavy atom. The van der Waals surface area contributed by atoms with Crippen LogP contribution in [0.25, 0.3) is 16.7 Å². The van der Waals surface area contributed by atoms with Crippen LogP contribution in [0.3, 0.4) is 0 Å². The molecule has 0 bridgehead atoms. The molecule has 0 spiro atoms. The highest BCUT2D eigenvalue weighted by atomic mass is 32.2. The van der Waals surface area contributed by atoms with E-state index in [1.54, 1.807) is 12.1 Å². The molecule has 0 fully saturated rings. The lowest BCUT2D eigenvalue weighted by Crippen LogP contribution is -2.37. The normalized spacial score (nSPS) is 13.0. The molecule has 12 heteroatoms. The quantitative estimate of drug-likeness (QED) is 0.623. The van der Waals surface area contributed by atoms with Crippen molar-refractivity contribution in [2.75, 3.05) is 6.54 Å². The van der Waals surface area contributed by atoms with Crippen LogP contribution in [0.4, 0.5) is 13.2 Å². The lowest BCUT2D eigenvalue weighted by Gasteiger charge is -2.10. The Hall–Kier alpha value is -2.47. The molecule has 0 saturated carbocycles.